The van der Waals surface area contributed by atoms with Crippen LogP contribution in [-0.2, 0) is 9.53 Å². The van der Waals surface area contributed by atoms with E-state index in [0.717, 1.165) is 12.8 Å². The predicted molar refractivity (Wildman–Crippen MR) is 54.9 cm³/mol. The van der Waals surface area contributed by atoms with Crippen LogP contribution in [0.1, 0.15) is 51.4 Å². The van der Waals surface area contributed by atoms with E-state index in [1.165, 1.54) is 45.6 Å². The van der Waals surface area contributed by atoms with Crippen molar-refractivity contribution < 1.29 is 9.53 Å². The summed E-state index contributed by atoms with van der Waals surface area (Å²) in [7, 11) is 1.53. The number of methoxy groups -OCH3 is 1. The van der Waals surface area contributed by atoms with E-state index in [0.29, 0.717) is 5.92 Å². The van der Waals surface area contributed by atoms with Crippen LogP contribution < -0.4 is 0 Å². The number of hydrogen-bond acceptors (Lipinski definition) is 2. The van der Waals surface area contributed by atoms with Gasteiger partial charge in [0.2, 0.25) is 0 Å². The Hall–Kier alpha value is -0.530. The molecule has 2 rings (SSSR count). The molecule has 0 N–H and O–H groups in total. The van der Waals surface area contributed by atoms with Crippen LogP contribution in [0.3, 0.4) is 0 Å². The van der Waals surface area contributed by atoms with Crippen LogP contribution in [0.15, 0.2) is 0 Å². The fourth-order valence-electron chi connectivity index (χ4n) is 3.20. The molecule has 14 heavy (non-hydrogen) atoms. The van der Waals surface area contributed by atoms with Crippen molar-refractivity contribution in [3.05, 3.63) is 0 Å². The van der Waals surface area contributed by atoms with Gasteiger partial charge in [0.25, 0.3) is 0 Å². The Morgan fingerprint density at radius 2 is 1.79 bits per heavy atom. The van der Waals surface area contributed by atoms with Gasteiger partial charge in [-0.2, -0.15) is 0 Å². The molecule has 0 heterocycles. The van der Waals surface area contributed by atoms with E-state index >= 15 is 0 Å². The van der Waals surface area contributed by atoms with Crippen LogP contribution in [0.2, 0.25) is 0 Å². The molecule has 0 amide bonds. The normalized spacial score (nSPS) is 26.6. The van der Waals surface area contributed by atoms with Crippen molar-refractivity contribution in [3.63, 3.8) is 0 Å². The first-order valence-electron chi connectivity index (χ1n) is 5.88. The van der Waals surface area contributed by atoms with Gasteiger partial charge in [0, 0.05) is 0 Å². The molecular formula is C12H20O2. The molecule has 0 bridgehead atoms. The van der Waals surface area contributed by atoms with Crippen molar-refractivity contribution in [3.8, 4) is 0 Å². The van der Waals surface area contributed by atoms with Crippen molar-refractivity contribution in [2.45, 2.75) is 51.4 Å². The maximum absolute atomic E-state index is 11.8. The molecule has 0 spiro atoms. The zero-order chi connectivity index (χ0) is 10.0. The maximum Gasteiger partial charge on any atom is 0.312 e. The topological polar surface area (TPSA) is 26.3 Å². The summed E-state index contributed by atoms with van der Waals surface area (Å²) in [6.07, 6.45) is 9.82. The van der Waals surface area contributed by atoms with Crippen LogP contribution in [-0.4, -0.2) is 13.1 Å². The van der Waals surface area contributed by atoms with E-state index in [9.17, 15) is 4.79 Å². The molecule has 2 aliphatic rings. The molecule has 0 saturated heterocycles. The number of carbonyl (C=O) groups excluding carboxylic acids is 1. The molecule has 0 aromatic heterocycles. The molecule has 0 radical (unpaired) electrons. The van der Waals surface area contributed by atoms with E-state index in [1.807, 2.05) is 0 Å². The summed E-state index contributed by atoms with van der Waals surface area (Å²) in [6.45, 7) is 0. The highest BCUT2D eigenvalue weighted by Gasteiger charge is 2.50. The summed E-state index contributed by atoms with van der Waals surface area (Å²) < 4.78 is 4.97. The monoisotopic (exact) mass is 196 g/mol. The van der Waals surface area contributed by atoms with Crippen LogP contribution in [0.25, 0.3) is 0 Å². The number of hydrogen-bond donors (Lipinski definition) is 0. The van der Waals surface area contributed by atoms with Gasteiger partial charge in [0.15, 0.2) is 0 Å². The highest BCUT2D eigenvalue weighted by atomic mass is 16.5. The third kappa shape index (κ3) is 1.45. The zero-order valence-electron chi connectivity index (χ0n) is 9.05. The Morgan fingerprint density at radius 3 is 2.21 bits per heavy atom. The average Bonchev–Trinajstić information content (AvgIpc) is 2.17. The summed E-state index contributed by atoms with van der Waals surface area (Å²) in [5, 5.41) is 0. The quantitative estimate of drug-likeness (QED) is 0.635. The minimum Gasteiger partial charge on any atom is -0.469 e. The van der Waals surface area contributed by atoms with Crippen LogP contribution >= 0.6 is 0 Å². The first-order chi connectivity index (χ1) is 6.79. The zero-order valence-corrected chi connectivity index (χ0v) is 9.05. The van der Waals surface area contributed by atoms with Gasteiger partial charge in [0.1, 0.15) is 0 Å². The second kappa shape index (κ2) is 3.92. The Balaban J connectivity index is 2.06. The van der Waals surface area contributed by atoms with Gasteiger partial charge in [0.05, 0.1) is 12.5 Å². The van der Waals surface area contributed by atoms with E-state index in [2.05, 4.69) is 0 Å². The molecule has 0 aromatic rings. The third-order valence-corrected chi connectivity index (χ3v) is 4.22. The predicted octanol–water partition coefficient (Wildman–Crippen LogP) is 2.91. The maximum atomic E-state index is 11.8. The number of esters is 1. The van der Waals surface area contributed by atoms with Gasteiger partial charge in [-0.1, -0.05) is 25.7 Å². The van der Waals surface area contributed by atoms with Crippen molar-refractivity contribution in [1.82, 2.24) is 0 Å². The summed E-state index contributed by atoms with van der Waals surface area (Å²) in [4.78, 5) is 11.8. The van der Waals surface area contributed by atoms with Gasteiger partial charge in [-0.3, -0.25) is 4.79 Å². The Kier molecular flexibility index (Phi) is 2.80. The fraction of sp³-hybridized carbons (Fsp3) is 0.917. The molecular weight excluding hydrogens is 176 g/mol. The lowest BCUT2D eigenvalue weighted by Gasteiger charge is -2.46. The summed E-state index contributed by atoms with van der Waals surface area (Å²) in [5.74, 6) is 0.688. The summed E-state index contributed by atoms with van der Waals surface area (Å²) in [5.41, 5.74) is -0.0603. The average molecular weight is 196 g/mol. The Bertz CT molecular complexity index is 212. The van der Waals surface area contributed by atoms with Crippen molar-refractivity contribution in [1.29, 1.82) is 0 Å². The van der Waals surface area contributed by atoms with Gasteiger partial charge < -0.3 is 4.74 Å². The SMILES string of the molecule is COC(=O)C1(C2CCCCC2)CCC1. The molecule has 2 saturated carbocycles. The molecule has 80 valence electrons. The molecule has 2 fully saturated rings. The van der Waals surface area contributed by atoms with E-state index in [1.54, 1.807) is 0 Å². The van der Waals surface area contributed by atoms with Gasteiger partial charge in [-0.25, -0.2) is 0 Å². The standard InChI is InChI=1S/C12H20O2/c1-14-11(13)12(8-5-9-12)10-6-3-2-4-7-10/h10H,2-9H2,1H3. The minimum absolute atomic E-state index is 0.0603. The molecule has 2 aliphatic carbocycles. The second-order valence-electron chi connectivity index (χ2n) is 4.84. The highest BCUT2D eigenvalue weighted by molar-refractivity contribution is 5.78. The number of rotatable bonds is 2. The lowest BCUT2D eigenvalue weighted by atomic mass is 9.57. The van der Waals surface area contributed by atoms with E-state index in [-0.39, 0.29) is 11.4 Å². The molecule has 0 aliphatic heterocycles. The van der Waals surface area contributed by atoms with Crippen LogP contribution in [0.5, 0.6) is 0 Å². The fourth-order valence-corrected chi connectivity index (χ4v) is 3.20. The first kappa shape index (κ1) is 10.0. The number of ether oxygens (including phenoxy) is 1. The first-order valence-corrected chi connectivity index (χ1v) is 5.88. The second-order valence-corrected chi connectivity index (χ2v) is 4.84. The van der Waals surface area contributed by atoms with Crippen LogP contribution in [0, 0.1) is 11.3 Å². The molecule has 0 unspecified atom stereocenters. The summed E-state index contributed by atoms with van der Waals surface area (Å²) >= 11 is 0. The molecule has 0 atom stereocenters. The lowest BCUT2D eigenvalue weighted by Crippen LogP contribution is -2.46. The van der Waals surface area contributed by atoms with Crippen molar-refractivity contribution in [2.75, 3.05) is 7.11 Å². The third-order valence-electron chi connectivity index (χ3n) is 4.22. The largest absolute Gasteiger partial charge is 0.469 e. The smallest absolute Gasteiger partial charge is 0.312 e. The highest BCUT2D eigenvalue weighted by Crippen LogP contribution is 2.52. The van der Waals surface area contributed by atoms with Gasteiger partial charge >= 0.3 is 5.97 Å². The number of carbonyl (C=O) groups is 1. The minimum atomic E-state index is -0.0603. The van der Waals surface area contributed by atoms with Gasteiger partial charge in [-0.15, -0.1) is 0 Å². The Morgan fingerprint density at radius 1 is 1.14 bits per heavy atom. The van der Waals surface area contributed by atoms with Crippen molar-refractivity contribution in [2.24, 2.45) is 11.3 Å². The lowest BCUT2D eigenvalue weighted by molar-refractivity contribution is -0.165. The molecule has 0 aromatic carbocycles. The Labute approximate surface area is 86.0 Å². The van der Waals surface area contributed by atoms with Gasteiger partial charge in [-0.05, 0) is 31.6 Å². The van der Waals surface area contributed by atoms with E-state index < -0.39 is 0 Å². The summed E-state index contributed by atoms with van der Waals surface area (Å²) in [6, 6.07) is 0. The molecule has 2 heteroatoms. The van der Waals surface area contributed by atoms with E-state index in [4.69, 9.17) is 4.74 Å². The molecule has 2 nitrogen and oxygen atoms in total. The van der Waals surface area contributed by atoms with Crippen molar-refractivity contribution >= 4 is 5.97 Å². The van der Waals surface area contributed by atoms with Crippen LogP contribution in [0.4, 0.5) is 0 Å².